The summed E-state index contributed by atoms with van der Waals surface area (Å²) < 4.78 is 16.9. The van der Waals surface area contributed by atoms with Crippen LogP contribution in [0.3, 0.4) is 0 Å². The average molecular weight is 1080 g/mol. The van der Waals surface area contributed by atoms with Gasteiger partial charge in [-0.1, -0.05) is 264 Å². The molecule has 0 aliphatic carbocycles. The average Bonchev–Trinajstić information content (AvgIpc) is 3.44. The van der Waals surface area contributed by atoms with E-state index in [-0.39, 0.29) is 31.1 Å². The van der Waals surface area contributed by atoms with Crippen molar-refractivity contribution in [1.82, 2.24) is 0 Å². The van der Waals surface area contributed by atoms with E-state index in [1.807, 2.05) is 0 Å². The van der Waals surface area contributed by atoms with E-state index in [1.165, 1.54) is 89.9 Å². The Balaban J connectivity index is 4.40. The van der Waals surface area contributed by atoms with E-state index in [0.717, 1.165) is 154 Å². The molecule has 442 valence electrons. The molecule has 0 aliphatic heterocycles. The van der Waals surface area contributed by atoms with Gasteiger partial charge in [0.1, 0.15) is 13.2 Å². The van der Waals surface area contributed by atoms with Crippen molar-refractivity contribution in [2.24, 2.45) is 0 Å². The first-order valence-electron chi connectivity index (χ1n) is 32.2. The van der Waals surface area contributed by atoms with Crippen LogP contribution in [0.15, 0.2) is 134 Å². The third-order valence-electron chi connectivity index (χ3n) is 13.4. The molecule has 6 nitrogen and oxygen atoms in total. The Labute approximate surface area is 481 Å². The first-order chi connectivity index (χ1) is 38.5. The first-order valence-corrected chi connectivity index (χ1v) is 32.2. The predicted molar refractivity (Wildman–Crippen MR) is 339 cm³/mol. The van der Waals surface area contributed by atoms with Gasteiger partial charge in [-0.05, 0) is 135 Å². The van der Waals surface area contributed by atoms with Crippen LogP contribution in [0, 0.1) is 0 Å². The van der Waals surface area contributed by atoms with E-state index in [0.29, 0.717) is 19.3 Å². The number of hydrogen-bond donors (Lipinski definition) is 0. The summed E-state index contributed by atoms with van der Waals surface area (Å²) in [6.07, 6.45) is 91.6. The molecule has 0 amide bonds. The zero-order valence-electron chi connectivity index (χ0n) is 50.6. The topological polar surface area (TPSA) is 78.9 Å². The molecule has 0 aromatic heterocycles. The van der Waals surface area contributed by atoms with Crippen LogP contribution in [-0.2, 0) is 28.6 Å². The monoisotopic (exact) mass is 1080 g/mol. The third kappa shape index (κ3) is 62.4. The highest BCUT2D eigenvalue weighted by Gasteiger charge is 2.19. The maximum atomic E-state index is 12.9. The second-order valence-corrected chi connectivity index (χ2v) is 20.9. The Kier molecular flexibility index (Phi) is 61.4. The normalized spacial score (nSPS) is 13.0. The molecule has 0 heterocycles. The fourth-order valence-corrected chi connectivity index (χ4v) is 8.61. The Hall–Kier alpha value is -4.45. The van der Waals surface area contributed by atoms with Gasteiger partial charge in [-0.2, -0.15) is 0 Å². The molecular weight excluding hydrogens is 961 g/mol. The maximum absolute atomic E-state index is 12.9. The fourth-order valence-electron chi connectivity index (χ4n) is 8.61. The van der Waals surface area contributed by atoms with E-state index in [9.17, 15) is 14.4 Å². The number of rotatable bonds is 57. The highest BCUT2D eigenvalue weighted by Crippen LogP contribution is 2.15. The molecule has 0 N–H and O–H groups in total. The zero-order chi connectivity index (χ0) is 56.4. The number of allylic oxidation sites excluding steroid dienone is 22. The van der Waals surface area contributed by atoms with Crippen LogP contribution in [0.1, 0.15) is 284 Å². The van der Waals surface area contributed by atoms with Crippen LogP contribution < -0.4 is 0 Å². The molecule has 0 spiro atoms. The van der Waals surface area contributed by atoms with E-state index >= 15 is 0 Å². The van der Waals surface area contributed by atoms with E-state index in [2.05, 4.69) is 154 Å². The first kappa shape index (κ1) is 73.5. The van der Waals surface area contributed by atoms with Gasteiger partial charge in [-0.15, -0.1) is 0 Å². The molecule has 6 heteroatoms. The summed E-state index contributed by atoms with van der Waals surface area (Å²) in [5, 5.41) is 0. The number of esters is 3. The maximum Gasteiger partial charge on any atom is 0.306 e. The van der Waals surface area contributed by atoms with E-state index in [1.54, 1.807) is 0 Å². The summed E-state index contributed by atoms with van der Waals surface area (Å²) in [7, 11) is 0. The Bertz CT molecular complexity index is 1670. The van der Waals surface area contributed by atoms with Crippen LogP contribution in [0.4, 0.5) is 0 Å². The zero-order valence-corrected chi connectivity index (χ0v) is 50.6. The summed E-state index contributed by atoms with van der Waals surface area (Å²) in [6, 6.07) is 0. The summed E-state index contributed by atoms with van der Waals surface area (Å²) in [4.78, 5) is 38.3. The number of hydrogen-bond acceptors (Lipinski definition) is 6. The molecule has 1 atom stereocenters. The molecule has 0 fully saturated rings. The van der Waals surface area contributed by atoms with Gasteiger partial charge < -0.3 is 14.2 Å². The molecule has 0 bridgehead atoms. The summed E-state index contributed by atoms with van der Waals surface area (Å²) in [6.45, 7) is 6.38. The lowest BCUT2D eigenvalue weighted by Gasteiger charge is -2.18. The van der Waals surface area contributed by atoms with Crippen molar-refractivity contribution in [3.05, 3.63) is 134 Å². The second kappa shape index (κ2) is 65.1. The van der Waals surface area contributed by atoms with Crippen molar-refractivity contribution in [2.45, 2.75) is 290 Å². The molecular formula is C72H118O6. The quantitative estimate of drug-likeness (QED) is 0.0261. The molecule has 0 saturated heterocycles. The van der Waals surface area contributed by atoms with Crippen LogP contribution >= 0.6 is 0 Å². The molecule has 78 heavy (non-hydrogen) atoms. The van der Waals surface area contributed by atoms with Crippen molar-refractivity contribution in [3.63, 3.8) is 0 Å². The number of unbranched alkanes of at least 4 members (excludes halogenated alkanes) is 24. The number of carbonyl (C=O) groups excluding carboxylic acids is 3. The van der Waals surface area contributed by atoms with Crippen molar-refractivity contribution in [1.29, 1.82) is 0 Å². The van der Waals surface area contributed by atoms with Crippen molar-refractivity contribution in [3.8, 4) is 0 Å². The number of ether oxygens (including phenoxy) is 3. The highest BCUT2D eigenvalue weighted by atomic mass is 16.6. The SMILES string of the molecule is CC/C=C\C/C=C\C/C=C\C/C=C\C/C=C\C/C=C\CCCCCCCCCCC(=O)OCC(COC(=O)CCCCCCC/C=C\C/C=C\C/C=C\CC)OC(=O)CCCCCCCCC/C=C\C/C=C\CCCCCC. The summed E-state index contributed by atoms with van der Waals surface area (Å²) in [5.41, 5.74) is 0. The van der Waals surface area contributed by atoms with Crippen molar-refractivity contribution >= 4 is 17.9 Å². The lowest BCUT2D eigenvalue weighted by Crippen LogP contribution is -2.30. The van der Waals surface area contributed by atoms with Crippen LogP contribution in [0.5, 0.6) is 0 Å². The van der Waals surface area contributed by atoms with Crippen molar-refractivity contribution in [2.75, 3.05) is 13.2 Å². The van der Waals surface area contributed by atoms with E-state index < -0.39 is 6.10 Å². The van der Waals surface area contributed by atoms with Gasteiger partial charge in [-0.25, -0.2) is 0 Å². The molecule has 0 rings (SSSR count). The molecule has 0 saturated carbocycles. The molecule has 0 radical (unpaired) electrons. The van der Waals surface area contributed by atoms with Crippen LogP contribution in [0.25, 0.3) is 0 Å². The minimum Gasteiger partial charge on any atom is -0.462 e. The molecule has 1 unspecified atom stereocenters. The number of carbonyl (C=O) groups is 3. The predicted octanol–water partition coefficient (Wildman–Crippen LogP) is 22.2. The van der Waals surface area contributed by atoms with Gasteiger partial charge in [-0.3, -0.25) is 14.4 Å². The Morgan fingerprint density at radius 2 is 0.500 bits per heavy atom. The lowest BCUT2D eigenvalue weighted by atomic mass is 10.1. The van der Waals surface area contributed by atoms with Gasteiger partial charge >= 0.3 is 17.9 Å². The Morgan fingerprint density at radius 1 is 0.269 bits per heavy atom. The minimum absolute atomic E-state index is 0.0948. The Morgan fingerprint density at radius 3 is 0.782 bits per heavy atom. The lowest BCUT2D eigenvalue weighted by molar-refractivity contribution is -0.167. The van der Waals surface area contributed by atoms with Crippen LogP contribution in [-0.4, -0.2) is 37.2 Å². The van der Waals surface area contributed by atoms with Gasteiger partial charge in [0.05, 0.1) is 0 Å². The molecule has 0 aromatic rings. The minimum atomic E-state index is -0.799. The van der Waals surface area contributed by atoms with Gasteiger partial charge in [0.25, 0.3) is 0 Å². The van der Waals surface area contributed by atoms with Crippen LogP contribution in [0.2, 0.25) is 0 Å². The molecule has 0 aliphatic rings. The second-order valence-electron chi connectivity index (χ2n) is 20.9. The largest absolute Gasteiger partial charge is 0.462 e. The van der Waals surface area contributed by atoms with Crippen molar-refractivity contribution < 1.29 is 28.6 Å². The standard InChI is InChI=1S/C72H118O6/c1-4-7-10-13-16-19-22-25-28-30-32-33-34-35-36-37-38-39-40-42-44-47-50-53-56-59-62-65-71(74)77-68-69(67-76-70(73)64-61-58-55-52-49-46-43-27-24-21-18-15-12-9-6-3)78-72(75)66-63-60-57-54-51-48-45-41-31-29-26-23-20-17-14-11-8-5-2/h7,9-10,12,16,18-21,23,25,27-29,31-33,35-36,38-39,43,69H,4-6,8,11,13-15,17,22,24,26,30,34,37,40-42,44-68H2,1-3H3/b10-7-,12-9-,19-16-,21-18-,23-20-,28-25-,31-29-,33-32-,36-35-,39-38-,43-27-. The smallest absolute Gasteiger partial charge is 0.306 e. The fraction of sp³-hybridized carbons (Fsp3) is 0.653. The summed E-state index contributed by atoms with van der Waals surface area (Å²) in [5.74, 6) is -0.925. The third-order valence-corrected chi connectivity index (χ3v) is 13.4. The van der Waals surface area contributed by atoms with Gasteiger partial charge in [0, 0.05) is 19.3 Å². The van der Waals surface area contributed by atoms with Gasteiger partial charge in [0.15, 0.2) is 6.10 Å². The highest BCUT2D eigenvalue weighted by molar-refractivity contribution is 5.71. The van der Waals surface area contributed by atoms with E-state index in [4.69, 9.17) is 14.2 Å². The van der Waals surface area contributed by atoms with Gasteiger partial charge in [0.2, 0.25) is 0 Å². The molecule has 0 aromatic carbocycles. The summed E-state index contributed by atoms with van der Waals surface area (Å²) >= 11 is 0.